The average Bonchev–Trinajstić information content (AvgIpc) is 2.89. The standard InChI is InChI=1S/C11H13F3N2O3S/c12-11(13,14)10-9(4-1-5-15-10)20(17,18)16-7-8-3-2-6-19-8/h1,4-5,8,16H,2-3,6-7H2. The van der Waals surface area contributed by atoms with Crippen molar-refractivity contribution in [2.45, 2.75) is 30.0 Å². The first-order chi connectivity index (χ1) is 9.31. The van der Waals surface area contributed by atoms with E-state index in [0.29, 0.717) is 13.0 Å². The van der Waals surface area contributed by atoms with E-state index in [2.05, 4.69) is 9.71 Å². The van der Waals surface area contributed by atoms with Crippen LogP contribution in [-0.4, -0.2) is 32.7 Å². The second-order valence-electron chi connectivity index (χ2n) is 4.33. The molecule has 9 heteroatoms. The zero-order valence-corrected chi connectivity index (χ0v) is 11.2. The summed E-state index contributed by atoms with van der Waals surface area (Å²) in [5.41, 5.74) is -1.42. The maximum atomic E-state index is 12.7. The molecule has 0 spiro atoms. The molecule has 0 bridgehead atoms. The van der Waals surface area contributed by atoms with Gasteiger partial charge in [-0.3, -0.25) is 4.98 Å². The largest absolute Gasteiger partial charge is 0.434 e. The van der Waals surface area contributed by atoms with Crippen LogP contribution in [0.3, 0.4) is 0 Å². The van der Waals surface area contributed by atoms with Gasteiger partial charge in [0.05, 0.1) is 6.10 Å². The number of hydrogen-bond donors (Lipinski definition) is 1. The molecule has 0 saturated carbocycles. The summed E-state index contributed by atoms with van der Waals surface area (Å²) in [6.07, 6.45) is -2.72. The van der Waals surface area contributed by atoms with E-state index in [4.69, 9.17) is 4.74 Å². The van der Waals surface area contributed by atoms with E-state index < -0.39 is 26.8 Å². The highest BCUT2D eigenvalue weighted by Gasteiger charge is 2.39. The number of halogens is 3. The number of rotatable bonds is 4. The van der Waals surface area contributed by atoms with Crippen LogP contribution in [0.4, 0.5) is 13.2 Å². The summed E-state index contributed by atoms with van der Waals surface area (Å²) in [5.74, 6) is 0. The van der Waals surface area contributed by atoms with Crippen LogP contribution in [0.2, 0.25) is 0 Å². The molecule has 0 aliphatic carbocycles. The maximum Gasteiger partial charge on any atom is 0.434 e. The zero-order chi connectivity index (χ0) is 14.8. The van der Waals surface area contributed by atoms with Crippen molar-refractivity contribution in [1.82, 2.24) is 9.71 Å². The van der Waals surface area contributed by atoms with Crippen molar-refractivity contribution < 1.29 is 26.3 Å². The lowest BCUT2D eigenvalue weighted by Gasteiger charge is -2.14. The van der Waals surface area contributed by atoms with Gasteiger partial charge < -0.3 is 4.74 Å². The maximum absolute atomic E-state index is 12.7. The van der Waals surface area contributed by atoms with Gasteiger partial charge in [0.25, 0.3) is 0 Å². The van der Waals surface area contributed by atoms with Crippen molar-refractivity contribution in [2.75, 3.05) is 13.2 Å². The van der Waals surface area contributed by atoms with Crippen molar-refractivity contribution in [2.24, 2.45) is 0 Å². The van der Waals surface area contributed by atoms with E-state index in [0.717, 1.165) is 24.8 Å². The average molecular weight is 310 g/mol. The highest BCUT2D eigenvalue weighted by molar-refractivity contribution is 7.89. The highest BCUT2D eigenvalue weighted by Crippen LogP contribution is 2.32. The minimum absolute atomic E-state index is 0.0471. The van der Waals surface area contributed by atoms with Crippen molar-refractivity contribution in [3.8, 4) is 0 Å². The van der Waals surface area contributed by atoms with Gasteiger partial charge in [-0.25, -0.2) is 13.1 Å². The van der Waals surface area contributed by atoms with E-state index >= 15 is 0 Å². The fraction of sp³-hybridized carbons (Fsp3) is 0.545. The smallest absolute Gasteiger partial charge is 0.377 e. The van der Waals surface area contributed by atoms with Gasteiger partial charge >= 0.3 is 6.18 Å². The third-order valence-electron chi connectivity index (χ3n) is 2.85. The van der Waals surface area contributed by atoms with Gasteiger partial charge in [-0.15, -0.1) is 0 Å². The summed E-state index contributed by atoms with van der Waals surface area (Å²) in [6.45, 7) is 0.488. The van der Waals surface area contributed by atoms with Gasteiger partial charge in [0.15, 0.2) is 5.69 Å². The summed E-state index contributed by atoms with van der Waals surface area (Å²) >= 11 is 0. The first kappa shape index (κ1) is 15.2. The third-order valence-corrected chi connectivity index (χ3v) is 4.31. The lowest BCUT2D eigenvalue weighted by atomic mass is 10.2. The van der Waals surface area contributed by atoms with Crippen LogP contribution < -0.4 is 4.72 Å². The molecule has 1 aliphatic rings. The van der Waals surface area contributed by atoms with Crippen molar-refractivity contribution in [1.29, 1.82) is 0 Å². The molecule has 1 fully saturated rings. The number of sulfonamides is 1. The predicted molar refractivity (Wildman–Crippen MR) is 63.4 cm³/mol. The highest BCUT2D eigenvalue weighted by atomic mass is 32.2. The fourth-order valence-electron chi connectivity index (χ4n) is 1.91. The molecule has 2 heterocycles. The molecule has 1 atom stereocenters. The van der Waals surface area contributed by atoms with Crippen LogP contribution in [0.15, 0.2) is 23.2 Å². The molecule has 1 aromatic heterocycles. The number of alkyl halides is 3. The minimum Gasteiger partial charge on any atom is -0.377 e. The molecule has 1 aromatic rings. The second kappa shape index (κ2) is 5.66. The Bertz CT molecular complexity index is 569. The van der Waals surface area contributed by atoms with Crippen molar-refractivity contribution >= 4 is 10.0 Å². The van der Waals surface area contributed by atoms with Gasteiger partial charge in [0, 0.05) is 19.3 Å². The molecule has 1 unspecified atom stereocenters. The number of ether oxygens (including phenoxy) is 1. The minimum atomic E-state index is -4.82. The zero-order valence-electron chi connectivity index (χ0n) is 10.4. The molecule has 20 heavy (non-hydrogen) atoms. The molecule has 0 radical (unpaired) electrons. The Kier molecular flexibility index (Phi) is 4.31. The molecule has 0 aromatic carbocycles. The van der Waals surface area contributed by atoms with Crippen LogP contribution in [0.25, 0.3) is 0 Å². The molecule has 2 rings (SSSR count). The Morgan fingerprint density at radius 2 is 2.20 bits per heavy atom. The van der Waals surface area contributed by atoms with Crippen LogP contribution in [0.1, 0.15) is 18.5 Å². The third kappa shape index (κ3) is 3.47. The van der Waals surface area contributed by atoms with Crippen LogP contribution in [0.5, 0.6) is 0 Å². The summed E-state index contributed by atoms with van der Waals surface area (Å²) < 4.78 is 69.5. The van der Waals surface area contributed by atoms with E-state index in [1.54, 1.807) is 0 Å². The molecule has 112 valence electrons. The number of hydrogen-bond acceptors (Lipinski definition) is 4. The summed E-state index contributed by atoms with van der Waals surface area (Å²) in [5, 5.41) is 0. The SMILES string of the molecule is O=S(=O)(NCC1CCCO1)c1cccnc1C(F)(F)F. The first-order valence-electron chi connectivity index (χ1n) is 5.94. The lowest BCUT2D eigenvalue weighted by molar-refractivity contribution is -0.143. The van der Waals surface area contributed by atoms with E-state index in [9.17, 15) is 21.6 Å². The second-order valence-corrected chi connectivity index (χ2v) is 6.07. The predicted octanol–water partition coefficient (Wildman–Crippen LogP) is 1.56. The molecule has 0 amide bonds. The van der Waals surface area contributed by atoms with Crippen LogP contribution in [-0.2, 0) is 20.9 Å². The molecular formula is C11H13F3N2O3S. The van der Waals surface area contributed by atoms with Gasteiger partial charge in [0.1, 0.15) is 4.90 Å². The van der Waals surface area contributed by atoms with Crippen molar-refractivity contribution in [3.05, 3.63) is 24.0 Å². The normalized spacial score (nSPS) is 20.2. The van der Waals surface area contributed by atoms with Crippen molar-refractivity contribution in [3.63, 3.8) is 0 Å². The quantitative estimate of drug-likeness (QED) is 0.916. The van der Waals surface area contributed by atoms with Gasteiger partial charge in [-0.05, 0) is 25.0 Å². The molecule has 1 saturated heterocycles. The van der Waals surface area contributed by atoms with Crippen LogP contribution >= 0.6 is 0 Å². The lowest BCUT2D eigenvalue weighted by Crippen LogP contribution is -2.33. The summed E-state index contributed by atoms with van der Waals surface area (Å²) in [4.78, 5) is 2.25. The Hall–Kier alpha value is -1.19. The molecular weight excluding hydrogens is 297 g/mol. The first-order valence-corrected chi connectivity index (χ1v) is 7.42. The number of pyridine rings is 1. The number of aromatic nitrogens is 1. The Labute approximate surface area is 114 Å². The topological polar surface area (TPSA) is 68.3 Å². The van der Waals surface area contributed by atoms with E-state index in [1.165, 1.54) is 0 Å². The van der Waals surface area contributed by atoms with Crippen LogP contribution in [0, 0.1) is 0 Å². The molecule has 1 N–H and O–H groups in total. The monoisotopic (exact) mass is 310 g/mol. The number of nitrogens with one attached hydrogen (secondary N) is 1. The Morgan fingerprint density at radius 1 is 1.45 bits per heavy atom. The summed E-state index contributed by atoms with van der Waals surface area (Å²) in [6, 6.07) is 2.03. The molecule has 5 nitrogen and oxygen atoms in total. The fourth-order valence-corrected chi connectivity index (χ4v) is 3.15. The van der Waals surface area contributed by atoms with Gasteiger partial charge in [0.2, 0.25) is 10.0 Å². The van der Waals surface area contributed by atoms with Gasteiger partial charge in [-0.1, -0.05) is 0 Å². The van der Waals surface area contributed by atoms with E-state index in [1.807, 2.05) is 0 Å². The molecule has 1 aliphatic heterocycles. The number of nitrogens with zero attached hydrogens (tertiary/aromatic N) is 1. The Balaban J connectivity index is 2.20. The Morgan fingerprint density at radius 3 is 2.80 bits per heavy atom. The van der Waals surface area contributed by atoms with Gasteiger partial charge in [-0.2, -0.15) is 13.2 Å². The van der Waals surface area contributed by atoms with E-state index in [-0.39, 0.29) is 12.6 Å². The summed E-state index contributed by atoms with van der Waals surface area (Å²) in [7, 11) is -4.27.